The van der Waals surface area contributed by atoms with E-state index in [0.29, 0.717) is 0 Å². The van der Waals surface area contributed by atoms with Gasteiger partial charge in [0.25, 0.3) is 0 Å². The summed E-state index contributed by atoms with van der Waals surface area (Å²) in [6.45, 7) is 1.47. The van der Waals surface area contributed by atoms with E-state index in [2.05, 4.69) is 15.9 Å². The van der Waals surface area contributed by atoms with Gasteiger partial charge in [0.05, 0.1) is 6.04 Å². The fourth-order valence-electron chi connectivity index (χ4n) is 0.419. The molecule has 10 heavy (non-hydrogen) atoms. The Balaban J connectivity index is 3.61. The first-order chi connectivity index (χ1) is 4.57. The molecule has 0 heterocycles. The summed E-state index contributed by atoms with van der Waals surface area (Å²) in [5.74, 6) is 0. The van der Waals surface area contributed by atoms with Crippen LogP contribution in [-0.2, 0) is 0 Å². The lowest BCUT2D eigenvalue weighted by atomic mass is 10.2. The van der Waals surface area contributed by atoms with E-state index >= 15 is 0 Å². The Morgan fingerprint density at radius 1 is 1.90 bits per heavy atom. The summed E-state index contributed by atoms with van der Waals surface area (Å²) >= 11 is 2.90. The number of hydrogen-bond donors (Lipinski definition) is 2. The number of carboxylic acid groups (broad SMARTS) is 1. The van der Waals surface area contributed by atoms with E-state index in [4.69, 9.17) is 5.11 Å². The summed E-state index contributed by atoms with van der Waals surface area (Å²) < 4.78 is 12.5. The normalized spacial score (nSPS) is 15.9. The van der Waals surface area contributed by atoms with Crippen molar-refractivity contribution >= 4 is 22.0 Å². The van der Waals surface area contributed by atoms with Crippen LogP contribution in [0.2, 0.25) is 0 Å². The Bertz CT molecular complexity index is 122. The highest BCUT2D eigenvalue weighted by atomic mass is 79.9. The maximum atomic E-state index is 12.5. The van der Waals surface area contributed by atoms with E-state index in [9.17, 15) is 9.18 Å². The van der Waals surface area contributed by atoms with Crippen LogP contribution < -0.4 is 5.32 Å². The molecule has 0 aromatic rings. The van der Waals surface area contributed by atoms with Crippen LogP contribution in [-0.4, -0.2) is 28.7 Å². The number of halogens is 2. The van der Waals surface area contributed by atoms with Crippen LogP contribution in [0.5, 0.6) is 0 Å². The first kappa shape index (κ1) is 9.68. The monoisotopic (exact) mass is 213 g/mol. The van der Waals surface area contributed by atoms with Crippen LogP contribution >= 0.6 is 15.9 Å². The first-order valence-electron chi connectivity index (χ1n) is 2.77. The zero-order chi connectivity index (χ0) is 8.15. The molecule has 0 rings (SSSR count). The van der Waals surface area contributed by atoms with Gasteiger partial charge in [0.1, 0.15) is 6.17 Å². The molecule has 1 amide bonds. The maximum absolute atomic E-state index is 12.5. The zero-order valence-corrected chi connectivity index (χ0v) is 7.06. The third-order valence-electron chi connectivity index (χ3n) is 1.04. The van der Waals surface area contributed by atoms with Crippen molar-refractivity contribution in [3.8, 4) is 0 Å². The highest BCUT2D eigenvalue weighted by molar-refractivity contribution is 9.09. The highest BCUT2D eigenvalue weighted by Crippen LogP contribution is 2.01. The van der Waals surface area contributed by atoms with E-state index in [1.54, 1.807) is 0 Å². The van der Waals surface area contributed by atoms with Gasteiger partial charge in [-0.3, -0.25) is 0 Å². The standard InChI is InChI=1S/C5H9BrFNO2/c1-3(4(7)2-6)8-5(9)10/h3-4,8H,2H2,1H3,(H,9,10). The smallest absolute Gasteiger partial charge is 0.404 e. The molecule has 0 saturated carbocycles. The molecule has 0 spiro atoms. The molecule has 3 nitrogen and oxygen atoms in total. The summed E-state index contributed by atoms with van der Waals surface area (Å²) in [5, 5.41) is 10.3. The lowest BCUT2D eigenvalue weighted by Crippen LogP contribution is -2.38. The molecule has 5 heteroatoms. The van der Waals surface area contributed by atoms with E-state index in [1.807, 2.05) is 5.32 Å². The minimum absolute atomic E-state index is 0.147. The summed E-state index contributed by atoms with van der Waals surface area (Å²) in [7, 11) is 0. The van der Waals surface area contributed by atoms with E-state index in [-0.39, 0.29) is 5.33 Å². The number of alkyl halides is 2. The number of hydrogen-bond acceptors (Lipinski definition) is 1. The molecule has 2 unspecified atom stereocenters. The fourth-order valence-corrected chi connectivity index (χ4v) is 0.980. The molecule has 0 fully saturated rings. The Morgan fingerprint density at radius 3 is 2.70 bits per heavy atom. The van der Waals surface area contributed by atoms with Gasteiger partial charge in [-0.05, 0) is 6.92 Å². The predicted molar refractivity (Wildman–Crippen MR) is 39.3 cm³/mol. The largest absolute Gasteiger partial charge is 0.465 e. The molecule has 60 valence electrons. The summed E-state index contributed by atoms with van der Waals surface area (Å²) in [4.78, 5) is 9.94. The van der Waals surface area contributed by atoms with Crippen LogP contribution in [0, 0.1) is 0 Å². The molecule has 0 aromatic heterocycles. The second-order valence-corrected chi connectivity index (χ2v) is 2.56. The summed E-state index contributed by atoms with van der Waals surface area (Å²) in [6.07, 6.45) is -2.37. The second-order valence-electron chi connectivity index (χ2n) is 1.91. The minimum atomic E-state index is -1.20. The lowest BCUT2D eigenvalue weighted by Gasteiger charge is -2.13. The van der Waals surface area contributed by atoms with Crippen LogP contribution in [0.15, 0.2) is 0 Å². The number of rotatable bonds is 3. The highest BCUT2D eigenvalue weighted by Gasteiger charge is 2.15. The van der Waals surface area contributed by atoms with Crippen molar-refractivity contribution in [2.24, 2.45) is 0 Å². The quantitative estimate of drug-likeness (QED) is 0.697. The van der Waals surface area contributed by atoms with Crippen LogP contribution in [0.3, 0.4) is 0 Å². The average molecular weight is 214 g/mol. The van der Waals surface area contributed by atoms with E-state index in [1.165, 1.54) is 6.92 Å². The molecule has 0 aliphatic rings. The van der Waals surface area contributed by atoms with Crippen molar-refractivity contribution in [2.75, 3.05) is 5.33 Å². The molecule has 0 aromatic carbocycles. The van der Waals surface area contributed by atoms with Gasteiger partial charge < -0.3 is 10.4 Å². The van der Waals surface area contributed by atoms with Gasteiger partial charge >= 0.3 is 6.09 Å². The number of carbonyl (C=O) groups is 1. The van der Waals surface area contributed by atoms with E-state index in [0.717, 1.165) is 0 Å². The Morgan fingerprint density at radius 2 is 2.40 bits per heavy atom. The van der Waals surface area contributed by atoms with Crippen molar-refractivity contribution in [1.29, 1.82) is 0 Å². The SMILES string of the molecule is CC(NC(=O)O)C(F)CBr. The molecule has 2 N–H and O–H groups in total. The Kier molecular flexibility index (Phi) is 4.34. The minimum Gasteiger partial charge on any atom is -0.465 e. The Labute approximate surface area is 66.7 Å². The van der Waals surface area contributed by atoms with Crippen LogP contribution in [0.1, 0.15) is 6.92 Å². The van der Waals surface area contributed by atoms with Crippen molar-refractivity contribution in [2.45, 2.75) is 19.1 Å². The third-order valence-corrected chi connectivity index (χ3v) is 1.66. The Hall–Kier alpha value is -0.320. The molecular formula is C5H9BrFNO2. The molecular weight excluding hydrogens is 205 g/mol. The number of nitrogens with one attached hydrogen (secondary N) is 1. The van der Waals surface area contributed by atoms with Crippen molar-refractivity contribution < 1.29 is 14.3 Å². The average Bonchev–Trinajstić information content (AvgIpc) is 1.85. The van der Waals surface area contributed by atoms with Gasteiger partial charge in [-0.15, -0.1) is 0 Å². The van der Waals surface area contributed by atoms with Crippen LogP contribution in [0.25, 0.3) is 0 Å². The van der Waals surface area contributed by atoms with Gasteiger partial charge in [-0.1, -0.05) is 15.9 Å². The molecule has 0 radical (unpaired) electrons. The van der Waals surface area contributed by atoms with Gasteiger partial charge in [0.2, 0.25) is 0 Å². The van der Waals surface area contributed by atoms with Crippen molar-refractivity contribution in [3.63, 3.8) is 0 Å². The van der Waals surface area contributed by atoms with Gasteiger partial charge in [-0.2, -0.15) is 0 Å². The first-order valence-corrected chi connectivity index (χ1v) is 3.89. The molecule has 2 atom stereocenters. The summed E-state index contributed by atoms with van der Waals surface area (Å²) in [5.41, 5.74) is 0. The van der Waals surface area contributed by atoms with Crippen molar-refractivity contribution in [3.05, 3.63) is 0 Å². The second kappa shape index (κ2) is 4.49. The van der Waals surface area contributed by atoms with Gasteiger partial charge in [-0.25, -0.2) is 9.18 Å². The topological polar surface area (TPSA) is 49.3 Å². The van der Waals surface area contributed by atoms with Gasteiger partial charge in [0.15, 0.2) is 0 Å². The predicted octanol–water partition coefficient (Wildman–Crippen LogP) is 1.38. The molecule has 0 aliphatic heterocycles. The molecule has 0 aliphatic carbocycles. The zero-order valence-electron chi connectivity index (χ0n) is 5.47. The van der Waals surface area contributed by atoms with Crippen molar-refractivity contribution in [1.82, 2.24) is 5.32 Å². The molecule has 0 saturated heterocycles. The number of amides is 1. The van der Waals surface area contributed by atoms with Gasteiger partial charge in [0, 0.05) is 5.33 Å². The third kappa shape index (κ3) is 3.66. The van der Waals surface area contributed by atoms with Crippen LogP contribution in [0.4, 0.5) is 9.18 Å². The van der Waals surface area contributed by atoms with E-state index < -0.39 is 18.3 Å². The fraction of sp³-hybridized carbons (Fsp3) is 0.800. The lowest BCUT2D eigenvalue weighted by molar-refractivity contribution is 0.181. The molecule has 0 bridgehead atoms. The summed E-state index contributed by atoms with van der Waals surface area (Å²) in [6, 6.07) is -0.656. The maximum Gasteiger partial charge on any atom is 0.404 e.